The summed E-state index contributed by atoms with van der Waals surface area (Å²) in [5.74, 6) is -0.453. The van der Waals surface area contributed by atoms with Crippen molar-refractivity contribution >= 4 is 11.9 Å². The van der Waals surface area contributed by atoms with Gasteiger partial charge < -0.3 is 4.74 Å². The third kappa shape index (κ3) is 16.8. The Morgan fingerprint density at radius 3 is 1.67 bits per heavy atom. The number of rotatable bonds is 13. The van der Waals surface area contributed by atoms with Gasteiger partial charge >= 0.3 is 5.97 Å². The van der Waals surface area contributed by atoms with Gasteiger partial charge in [0, 0.05) is 17.8 Å². The summed E-state index contributed by atoms with van der Waals surface area (Å²) in [6, 6.07) is 0. The predicted molar refractivity (Wildman–Crippen MR) is 95.4 cm³/mol. The highest BCUT2D eigenvalue weighted by atomic mass is 16.6. The molecule has 0 saturated heterocycles. The summed E-state index contributed by atoms with van der Waals surface area (Å²) in [5, 5.41) is 3.05. The number of nitrogens with zero attached hydrogens (tertiary/aromatic N) is 3. The second-order valence-corrected chi connectivity index (χ2v) is 7.21. The fourth-order valence-electron chi connectivity index (χ4n) is 2.45. The number of esters is 1. The molecule has 0 saturated carbocycles. The van der Waals surface area contributed by atoms with Crippen molar-refractivity contribution in [2.24, 2.45) is 5.11 Å². The van der Waals surface area contributed by atoms with E-state index >= 15 is 0 Å². The van der Waals surface area contributed by atoms with Crippen molar-refractivity contribution in [1.82, 2.24) is 0 Å². The average Bonchev–Trinajstić information content (AvgIpc) is 2.46. The Bertz CT molecular complexity index is 410. The molecule has 138 valence electrons. The number of hydrogen-bond acceptors (Lipinski definition) is 3. The van der Waals surface area contributed by atoms with Crippen molar-refractivity contribution in [2.45, 2.75) is 103 Å². The maximum Gasteiger partial charge on any atom is 0.306 e. The molecule has 6 nitrogen and oxygen atoms in total. The van der Waals surface area contributed by atoms with Crippen molar-refractivity contribution in [3.8, 4) is 0 Å². The normalized spacial score (nSPS) is 11.0. The van der Waals surface area contributed by atoms with Crippen LogP contribution in [0.5, 0.6) is 0 Å². The number of azide groups is 1. The molecule has 24 heavy (non-hydrogen) atoms. The number of ether oxygens (including phenoxy) is 1. The largest absolute Gasteiger partial charge is 0.460 e. The molecule has 0 radical (unpaired) electrons. The molecule has 0 fully saturated rings. The Morgan fingerprint density at radius 2 is 1.25 bits per heavy atom. The lowest BCUT2D eigenvalue weighted by molar-refractivity contribution is -0.154. The zero-order chi connectivity index (χ0) is 18.3. The molecule has 0 aromatic rings. The Kier molecular flexibility index (Phi) is 13.0. The van der Waals surface area contributed by atoms with Crippen LogP contribution in [-0.2, 0) is 14.3 Å². The first kappa shape index (κ1) is 22.4. The summed E-state index contributed by atoms with van der Waals surface area (Å²) < 4.78 is 5.27. The van der Waals surface area contributed by atoms with E-state index in [0.29, 0.717) is 12.8 Å². The van der Waals surface area contributed by atoms with E-state index in [-0.39, 0.29) is 17.5 Å². The van der Waals surface area contributed by atoms with Crippen molar-refractivity contribution in [1.29, 1.82) is 0 Å². The summed E-state index contributed by atoms with van der Waals surface area (Å²) in [6.07, 6.45) is 11.8. The van der Waals surface area contributed by atoms with E-state index in [4.69, 9.17) is 10.3 Å². The molecule has 0 aromatic heterocycles. The number of hydrogen-bond donors (Lipinski definition) is 0. The second kappa shape index (κ2) is 13.8. The Morgan fingerprint density at radius 1 is 0.833 bits per heavy atom. The molecule has 0 aromatic carbocycles. The van der Waals surface area contributed by atoms with Gasteiger partial charge in [0.2, 0.25) is 5.91 Å². The van der Waals surface area contributed by atoms with Crippen LogP contribution in [0, 0.1) is 0 Å². The Labute approximate surface area is 146 Å². The zero-order valence-electron chi connectivity index (χ0n) is 15.6. The first-order valence-electron chi connectivity index (χ1n) is 9.15. The molecular formula is C18H33N3O3. The molecule has 0 aliphatic heterocycles. The van der Waals surface area contributed by atoms with Crippen LogP contribution < -0.4 is 0 Å². The predicted octanol–water partition coefficient (Wildman–Crippen LogP) is 5.85. The summed E-state index contributed by atoms with van der Waals surface area (Å²) in [5.41, 5.74) is 7.72. The van der Waals surface area contributed by atoms with Crippen LogP contribution in [0.1, 0.15) is 97.8 Å². The maximum atomic E-state index is 11.5. The highest BCUT2D eigenvalue weighted by Crippen LogP contribution is 2.14. The molecule has 6 heteroatoms. The third-order valence-electron chi connectivity index (χ3n) is 3.60. The first-order valence-corrected chi connectivity index (χ1v) is 9.15. The van der Waals surface area contributed by atoms with E-state index in [2.05, 4.69) is 10.0 Å². The van der Waals surface area contributed by atoms with Gasteiger partial charge in [0.15, 0.2) is 0 Å². The lowest BCUT2D eigenvalue weighted by Gasteiger charge is -2.19. The quantitative estimate of drug-likeness (QED) is 0.138. The number of amides is 1. The first-order chi connectivity index (χ1) is 11.3. The van der Waals surface area contributed by atoms with Gasteiger partial charge in [0.1, 0.15) is 5.60 Å². The Balaban J connectivity index is 3.27. The van der Waals surface area contributed by atoms with Gasteiger partial charge in [0.05, 0.1) is 0 Å². The molecule has 0 atom stereocenters. The molecule has 0 bridgehead atoms. The number of carbonyl (C=O) groups is 2. The van der Waals surface area contributed by atoms with Crippen LogP contribution >= 0.6 is 0 Å². The van der Waals surface area contributed by atoms with Gasteiger partial charge in [-0.15, -0.1) is 0 Å². The van der Waals surface area contributed by atoms with E-state index in [1.165, 1.54) is 32.1 Å². The van der Waals surface area contributed by atoms with Gasteiger partial charge in [0.25, 0.3) is 0 Å². The minimum atomic E-state index is -0.382. The van der Waals surface area contributed by atoms with Gasteiger partial charge in [-0.3, -0.25) is 9.59 Å². The van der Waals surface area contributed by atoms with Crippen LogP contribution in [0.2, 0.25) is 0 Å². The van der Waals surface area contributed by atoms with E-state index in [1.54, 1.807) is 0 Å². The lowest BCUT2D eigenvalue weighted by atomic mass is 10.1. The SMILES string of the molecule is CC(C)(C)OC(=O)CCCCCCCCCCCCC(=O)N=[N+]=[N-]. The molecular weight excluding hydrogens is 306 g/mol. The number of unbranched alkanes of at least 4 members (excludes halogenated alkanes) is 9. The van der Waals surface area contributed by atoms with Crippen molar-refractivity contribution in [3.05, 3.63) is 10.4 Å². The van der Waals surface area contributed by atoms with Gasteiger partial charge in [-0.2, -0.15) is 0 Å². The molecule has 0 rings (SSSR count). The molecule has 0 heterocycles. The summed E-state index contributed by atoms with van der Waals surface area (Å²) in [4.78, 5) is 25.0. The summed E-state index contributed by atoms with van der Waals surface area (Å²) in [6.45, 7) is 5.68. The Hall–Kier alpha value is -1.55. The summed E-state index contributed by atoms with van der Waals surface area (Å²) in [7, 11) is 0. The number of carbonyl (C=O) groups excluding carboxylic acids is 2. The topological polar surface area (TPSA) is 92.1 Å². The van der Waals surface area contributed by atoms with Gasteiger partial charge in [-0.05, 0) is 44.3 Å². The monoisotopic (exact) mass is 339 g/mol. The van der Waals surface area contributed by atoms with Crippen molar-refractivity contribution in [2.75, 3.05) is 0 Å². The van der Waals surface area contributed by atoms with Crippen LogP contribution in [0.3, 0.4) is 0 Å². The van der Waals surface area contributed by atoms with Crippen molar-refractivity contribution < 1.29 is 14.3 Å². The molecule has 0 aliphatic carbocycles. The second-order valence-electron chi connectivity index (χ2n) is 7.21. The van der Waals surface area contributed by atoms with Crippen molar-refractivity contribution in [3.63, 3.8) is 0 Å². The zero-order valence-corrected chi connectivity index (χ0v) is 15.6. The van der Waals surface area contributed by atoms with Crippen LogP contribution in [0.25, 0.3) is 10.4 Å². The maximum absolute atomic E-state index is 11.5. The molecule has 0 spiro atoms. The minimum absolute atomic E-state index is 0.0959. The highest BCUT2D eigenvalue weighted by Gasteiger charge is 2.15. The van der Waals surface area contributed by atoms with Gasteiger partial charge in [-0.25, -0.2) is 0 Å². The highest BCUT2D eigenvalue weighted by molar-refractivity contribution is 5.76. The fourth-order valence-corrected chi connectivity index (χ4v) is 2.45. The van der Waals surface area contributed by atoms with Crippen LogP contribution in [0.4, 0.5) is 0 Å². The molecule has 0 aliphatic rings. The third-order valence-corrected chi connectivity index (χ3v) is 3.60. The molecule has 0 unspecified atom stereocenters. The minimum Gasteiger partial charge on any atom is -0.460 e. The van der Waals surface area contributed by atoms with Gasteiger partial charge in [-0.1, -0.05) is 51.4 Å². The van der Waals surface area contributed by atoms with E-state index in [1.807, 2.05) is 20.8 Å². The van der Waals surface area contributed by atoms with E-state index in [9.17, 15) is 9.59 Å². The molecule has 0 N–H and O–H groups in total. The fraction of sp³-hybridized carbons (Fsp3) is 0.889. The molecule has 1 amide bonds. The smallest absolute Gasteiger partial charge is 0.306 e. The average molecular weight is 339 g/mol. The summed E-state index contributed by atoms with van der Waals surface area (Å²) >= 11 is 0. The van der Waals surface area contributed by atoms with Crippen LogP contribution in [0.15, 0.2) is 5.11 Å². The standard InChI is InChI=1S/C18H33N3O3/c1-18(2,3)24-17(23)15-13-11-9-7-5-4-6-8-10-12-14-16(22)20-21-19/h4-15H2,1-3H3. The van der Waals surface area contributed by atoms with E-state index < -0.39 is 0 Å². The van der Waals surface area contributed by atoms with E-state index in [0.717, 1.165) is 32.1 Å². The van der Waals surface area contributed by atoms with Crippen LogP contribution in [-0.4, -0.2) is 17.5 Å². The lowest BCUT2D eigenvalue weighted by Crippen LogP contribution is -2.23.